The number of ether oxygens (including phenoxy) is 1. The molecule has 0 saturated carbocycles. The van der Waals surface area contributed by atoms with Gasteiger partial charge in [0.15, 0.2) is 0 Å². The van der Waals surface area contributed by atoms with Crippen molar-refractivity contribution in [3.63, 3.8) is 0 Å². The summed E-state index contributed by atoms with van der Waals surface area (Å²) in [6.45, 7) is 1.68. The van der Waals surface area contributed by atoms with Gasteiger partial charge in [0, 0.05) is 0 Å². The monoisotopic (exact) mass is 255 g/mol. The number of nitrogens with zero attached hydrogens (tertiary/aromatic N) is 1. The lowest BCUT2D eigenvalue weighted by atomic mass is 9.86. The van der Waals surface area contributed by atoms with Gasteiger partial charge >= 0.3 is 5.97 Å². The molecule has 4 nitrogen and oxygen atoms in total. The number of halogens is 1. The molecule has 1 atom stereocenters. The summed E-state index contributed by atoms with van der Waals surface area (Å²) in [7, 11) is 4.87. The van der Waals surface area contributed by atoms with Gasteiger partial charge in [-0.25, -0.2) is 4.39 Å². The Labute approximate surface area is 106 Å². The van der Waals surface area contributed by atoms with Crippen molar-refractivity contribution in [3.8, 4) is 5.75 Å². The molecule has 18 heavy (non-hydrogen) atoms. The highest BCUT2D eigenvalue weighted by Gasteiger charge is 2.37. The molecule has 1 N–H and O–H groups in total. The molecule has 0 fully saturated rings. The van der Waals surface area contributed by atoms with Gasteiger partial charge < -0.3 is 9.84 Å². The summed E-state index contributed by atoms with van der Waals surface area (Å²) in [5, 5.41) is 9.02. The van der Waals surface area contributed by atoms with Gasteiger partial charge in [-0.1, -0.05) is 6.07 Å². The Kier molecular flexibility index (Phi) is 4.29. The Bertz CT molecular complexity index is 448. The van der Waals surface area contributed by atoms with E-state index in [1.165, 1.54) is 19.2 Å². The molecule has 0 aliphatic carbocycles. The fourth-order valence-electron chi connectivity index (χ4n) is 1.96. The first-order valence-electron chi connectivity index (χ1n) is 5.55. The van der Waals surface area contributed by atoms with Crippen molar-refractivity contribution in [2.24, 2.45) is 0 Å². The first-order valence-corrected chi connectivity index (χ1v) is 5.55. The van der Waals surface area contributed by atoms with Crippen LogP contribution in [0.4, 0.5) is 4.39 Å². The van der Waals surface area contributed by atoms with Crippen molar-refractivity contribution in [2.45, 2.75) is 18.9 Å². The minimum absolute atomic E-state index is 0.211. The SMILES string of the molecule is COc1cccc(F)c1C(C)(CC(=O)O)N(C)C. The molecule has 0 amide bonds. The molecular weight excluding hydrogens is 237 g/mol. The predicted octanol–water partition coefficient (Wildman–Crippen LogP) is 2.09. The van der Waals surface area contributed by atoms with E-state index in [0.29, 0.717) is 5.75 Å². The van der Waals surface area contributed by atoms with E-state index in [4.69, 9.17) is 9.84 Å². The van der Waals surface area contributed by atoms with Crippen LogP contribution in [0, 0.1) is 5.82 Å². The van der Waals surface area contributed by atoms with Crippen LogP contribution in [0.15, 0.2) is 18.2 Å². The first-order chi connectivity index (χ1) is 8.32. The molecule has 0 saturated heterocycles. The molecule has 1 rings (SSSR count). The van der Waals surface area contributed by atoms with Crippen LogP contribution in [0.2, 0.25) is 0 Å². The summed E-state index contributed by atoms with van der Waals surface area (Å²) in [6.07, 6.45) is -0.211. The molecule has 0 aliphatic heterocycles. The molecule has 0 radical (unpaired) electrons. The Morgan fingerprint density at radius 3 is 2.56 bits per heavy atom. The lowest BCUT2D eigenvalue weighted by Gasteiger charge is -2.36. The van der Waals surface area contributed by atoms with E-state index in [9.17, 15) is 9.18 Å². The summed E-state index contributed by atoms with van der Waals surface area (Å²) >= 11 is 0. The van der Waals surface area contributed by atoms with Crippen LogP contribution in [-0.4, -0.2) is 37.2 Å². The van der Waals surface area contributed by atoms with Crippen molar-refractivity contribution >= 4 is 5.97 Å². The van der Waals surface area contributed by atoms with Gasteiger partial charge in [0.2, 0.25) is 0 Å². The average molecular weight is 255 g/mol. The molecule has 0 aliphatic rings. The zero-order valence-electron chi connectivity index (χ0n) is 11.0. The van der Waals surface area contributed by atoms with Crippen LogP contribution in [0.3, 0.4) is 0 Å². The number of rotatable bonds is 5. The number of carbonyl (C=O) groups is 1. The summed E-state index contributed by atoms with van der Waals surface area (Å²) in [5.41, 5.74) is -0.706. The molecule has 0 aromatic heterocycles. The van der Waals surface area contributed by atoms with E-state index in [2.05, 4.69) is 0 Å². The fraction of sp³-hybridized carbons (Fsp3) is 0.462. The largest absolute Gasteiger partial charge is 0.496 e. The standard InChI is InChI=1S/C13H18FNO3/c1-13(15(2)3,8-11(16)17)12-9(14)6-5-7-10(12)18-4/h5-7H,8H2,1-4H3,(H,16,17). The van der Waals surface area contributed by atoms with Crippen LogP contribution in [-0.2, 0) is 10.3 Å². The first kappa shape index (κ1) is 14.4. The third-order valence-electron chi connectivity index (χ3n) is 3.22. The number of hydrogen-bond acceptors (Lipinski definition) is 3. The Hall–Kier alpha value is -1.62. The van der Waals surface area contributed by atoms with E-state index in [0.717, 1.165) is 0 Å². The summed E-state index contributed by atoms with van der Waals surface area (Å²) < 4.78 is 19.2. The summed E-state index contributed by atoms with van der Waals surface area (Å²) in [5.74, 6) is -1.10. The molecular formula is C13H18FNO3. The Balaban J connectivity index is 3.42. The van der Waals surface area contributed by atoms with Gasteiger partial charge in [-0.15, -0.1) is 0 Å². The molecule has 0 bridgehead atoms. The predicted molar refractivity (Wildman–Crippen MR) is 66.2 cm³/mol. The van der Waals surface area contributed by atoms with Gasteiger partial charge in [-0.05, 0) is 33.2 Å². The second-order valence-corrected chi connectivity index (χ2v) is 4.56. The van der Waals surface area contributed by atoms with Crippen molar-refractivity contribution in [3.05, 3.63) is 29.6 Å². The molecule has 0 heterocycles. The second-order valence-electron chi connectivity index (χ2n) is 4.56. The van der Waals surface area contributed by atoms with Crippen LogP contribution < -0.4 is 4.74 Å². The number of carboxylic acid groups (broad SMARTS) is 1. The number of benzene rings is 1. The van der Waals surface area contributed by atoms with E-state index < -0.39 is 17.3 Å². The highest BCUT2D eigenvalue weighted by Crippen LogP contribution is 2.38. The third kappa shape index (κ3) is 2.61. The molecule has 5 heteroatoms. The van der Waals surface area contributed by atoms with Crippen molar-refractivity contribution in [1.29, 1.82) is 0 Å². The van der Waals surface area contributed by atoms with Crippen LogP contribution >= 0.6 is 0 Å². The number of aliphatic carboxylic acids is 1. The highest BCUT2D eigenvalue weighted by atomic mass is 19.1. The molecule has 1 unspecified atom stereocenters. The molecule has 0 spiro atoms. The van der Waals surface area contributed by atoms with Crippen LogP contribution in [0.25, 0.3) is 0 Å². The van der Waals surface area contributed by atoms with E-state index >= 15 is 0 Å². The molecule has 1 aromatic rings. The lowest BCUT2D eigenvalue weighted by molar-refractivity contribution is -0.140. The second kappa shape index (κ2) is 5.35. The number of methoxy groups -OCH3 is 1. The van der Waals surface area contributed by atoms with Gasteiger partial charge in [0.1, 0.15) is 11.6 Å². The van der Waals surface area contributed by atoms with Crippen molar-refractivity contribution in [1.82, 2.24) is 4.90 Å². The average Bonchev–Trinajstić information content (AvgIpc) is 2.27. The summed E-state index contributed by atoms with van der Waals surface area (Å²) in [4.78, 5) is 12.7. The smallest absolute Gasteiger partial charge is 0.305 e. The normalized spacial score (nSPS) is 14.3. The molecule has 100 valence electrons. The van der Waals surface area contributed by atoms with Crippen molar-refractivity contribution < 1.29 is 19.0 Å². The topological polar surface area (TPSA) is 49.8 Å². The minimum atomic E-state index is -0.989. The van der Waals surface area contributed by atoms with Crippen LogP contribution in [0.1, 0.15) is 18.9 Å². The third-order valence-corrected chi connectivity index (χ3v) is 3.22. The van der Waals surface area contributed by atoms with Gasteiger partial charge in [0.05, 0.1) is 24.6 Å². The van der Waals surface area contributed by atoms with Gasteiger partial charge in [-0.2, -0.15) is 0 Å². The maximum absolute atomic E-state index is 14.0. The van der Waals surface area contributed by atoms with Crippen LogP contribution in [0.5, 0.6) is 5.75 Å². The van der Waals surface area contributed by atoms with E-state index in [1.807, 2.05) is 0 Å². The van der Waals surface area contributed by atoms with Crippen molar-refractivity contribution in [2.75, 3.05) is 21.2 Å². The fourth-order valence-corrected chi connectivity index (χ4v) is 1.96. The number of hydrogen-bond donors (Lipinski definition) is 1. The Morgan fingerprint density at radius 2 is 2.11 bits per heavy atom. The molecule has 1 aromatic carbocycles. The quantitative estimate of drug-likeness (QED) is 0.875. The Morgan fingerprint density at radius 1 is 1.50 bits per heavy atom. The zero-order valence-corrected chi connectivity index (χ0v) is 11.0. The van der Waals surface area contributed by atoms with Gasteiger partial charge in [-0.3, -0.25) is 9.69 Å². The van der Waals surface area contributed by atoms with E-state index in [-0.39, 0.29) is 12.0 Å². The van der Waals surface area contributed by atoms with E-state index in [1.54, 1.807) is 32.0 Å². The maximum Gasteiger partial charge on any atom is 0.305 e. The van der Waals surface area contributed by atoms with Gasteiger partial charge in [0.25, 0.3) is 0 Å². The highest BCUT2D eigenvalue weighted by molar-refractivity contribution is 5.69. The summed E-state index contributed by atoms with van der Waals surface area (Å²) in [6, 6.07) is 4.47. The number of carboxylic acids is 1. The maximum atomic E-state index is 14.0. The minimum Gasteiger partial charge on any atom is -0.496 e. The lowest BCUT2D eigenvalue weighted by Crippen LogP contribution is -2.41. The zero-order chi connectivity index (χ0) is 13.9.